The zero-order valence-electron chi connectivity index (χ0n) is 10.1. The van der Waals surface area contributed by atoms with Crippen LogP contribution >= 0.6 is 11.8 Å². The molecule has 1 unspecified atom stereocenters. The highest BCUT2D eigenvalue weighted by Gasteiger charge is 2.21. The fourth-order valence-corrected chi connectivity index (χ4v) is 2.34. The minimum absolute atomic E-state index is 0.275. The van der Waals surface area contributed by atoms with Crippen LogP contribution < -0.4 is 10.1 Å². The Morgan fingerprint density at radius 2 is 2.12 bits per heavy atom. The molecule has 3 nitrogen and oxygen atoms in total. The first-order chi connectivity index (χ1) is 8.28. The fraction of sp³-hybridized carbons (Fsp3) is 0.538. The van der Waals surface area contributed by atoms with Crippen molar-refractivity contribution >= 4 is 11.8 Å². The maximum Gasteiger partial charge on any atom is 0.118 e. The van der Waals surface area contributed by atoms with Gasteiger partial charge < -0.3 is 15.2 Å². The SMILES string of the molecule is COc1ccc(SCC(O)CNC2CC2)cc1. The minimum atomic E-state index is -0.275. The largest absolute Gasteiger partial charge is 0.497 e. The lowest BCUT2D eigenvalue weighted by Crippen LogP contribution is -2.29. The van der Waals surface area contributed by atoms with Crippen LogP contribution in [0.4, 0.5) is 0 Å². The highest BCUT2D eigenvalue weighted by atomic mass is 32.2. The maximum atomic E-state index is 9.78. The number of rotatable bonds is 7. The molecule has 0 bridgehead atoms. The minimum Gasteiger partial charge on any atom is -0.497 e. The second-order valence-corrected chi connectivity index (χ2v) is 5.42. The van der Waals surface area contributed by atoms with Crippen molar-refractivity contribution in [1.29, 1.82) is 0 Å². The Balaban J connectivity index is 1.68. The zero-order chi connectivity index (χ0) is 12.1. The number of methoxy groups -OCH3 is 1. The number of aliphatic hydroxyl groups is 1. The average Bonchev–Trinajstić information content (AvgIpc) is 3.18. The first kappa shape index (κ1) is 12.7. The molecule has 1 fully saturated rings. The number of benzene rings is 1. The summed E-state index contributed by atoms with van der Waals surface area (Å²) in [6.45, 7) is 0.702. The normalized spacial score (nSPS) is 16.8. The quantitative estimate of drug-likeness (QED) is 0.728. The lowest BCUT2D eigenvalue weighted by atomic mass is 10.3. The molecule has 0 aliphatic heterocycles. The number of hydrogen-bond donors (Lipinski definition) is 2. The number of nitrogens with one attached hydrogen (secondary N) is 1. The summed E-state index contributed by atoms with van der Waals surface area (Å²) < 4.78 is 5.10. The summed E-state index contributed by atoms with van der Waals surface area (Å²) in [4.78, 5) is 1.16. The van der Waals surface area contributed by atoms with Crippen molar-refractivity contribution in [3.8, 4) is 5.75 Å². The molecule has 0 spiro atoms. The summed E-state index contributed by atoms with van der Waals surface area (Å²) in [6.07, 6.45) is 2.25. The fourth-order valence-electron chi connectivity index (χ4n) is 1.51. The van der Waals surface area contributed by atoms with Crippen molar-refractivity contribution in [1.82, 2.24) is 5.32 Å². The molecule has 1 aliphatic carbocycles. The number of aliphatic hydroxyl groups excluding tert-OH is 1. The first-order valence-electron chi connectivity index (χ1n) is 5.96. The van der Waals surface area contributed by atoms with E-state index in [9.17, 15) is 5.11 Å². The summed E-state index contributed by atoms with van der Waals surface area (Å²) in [5, 5.41) is 13.1. The monoisotopic (exact) mass is 253 g/mol. The van der Waals surface area contributed by atoms with E-state index in [2.05, 4.69) is 5.32 Å². The molecule has 0 radical (unpaired) electrons. The summed E-state index contributed by atoms with van der Waals surface area (Å²) >= 11 is 1.67. The molecule has 1 saturated carbocycles. The molecule has 0 heterocycles. The van der Waals surface area contributed by atoms with Gasteiger partial charge in [0, 0.05) is 23.2 Å². The number of hydrogen-bond acceptors (Lipinski definition) is 4. The van der Waals surface area contributed by atoms with Gasteiger partial charge in [0.1, 0.15) is 5.75 Å². The Morgan fingerprint density at radius 1 is 1.41 bits per heavy atom. The molecule has 1 aliphatic rings. The van der Waals surface area contributed by atoms with Crippen LogP contribution in [-0.4, -0.2) is 36.7 Å². The van der Waals surface area contributed by atoms with E-state index in [0.717, 1.165) is 16.4 Å². The molecule has 2 rings (SSSR count). The smallest absolute Gasteiger partial charge is 0.118 e. The van der Waals surface area contributed by atoms with Crippen LogP contribution in [0.1, 0.15) is 12.8 Å². The molecule has 17 heavy (non-hydrogen) atoms. The molecule has 1 atom stereocenters. The summed E-state index contributed by atoms with van der Waals surface area (Å²) in [7, 11) is 1.66. The third-order valence-electron chi connectivity index (χ3n) is 2.72. The lowest BCUT2D eigenvalue weighted by molar-refractivity contribution is 0.195. The van der Waals surface area contributed by atoms with Crippen molar-refractivity contribution < 1.29 is 9.84 Å². The van der Waals surface area contributed by atoms with Crippen LogP contribution in [0.3, 0.4) is 0 Å². The molecular formula is C13H19NO2S. The predicted octanol–water partition coefficient (Wildman–Crippen LogP) is 1.90. The third-order valence-corrected chi connectivity index (χ3v) is 3.88. The van der Waals surface area contributed by atoms with Gasteiger partial charge in [0.15, 0.2) is 0 Å². The van der Waals surface area contributed by atoms with Crippen LogP contribution in [0.2, 0.25) is 0 Å². The molecule has 0 amide bonds. The summed E-state index contributed by atoms with van der Waals surface area (Å²) in [6, 6.07) is 8.58. The highest BCUT2D eigenvalue weighted by molar-refractivity contribution is 7.99. The van der Waals surface area contributed by atoms with E-state index >= 15 is 0 Å². The zero-order valence-corrected chi connectivity index (χ0v) is 10.9. The summed E-state index contributed by atoms with van der Waals surface area (Å²) in [5.41, 5.74) is 0. The standard InChI is InChI=1S/C13H19NO2S/c1-16-12-4-6-13(7-5-12)17-9-11(15)8-14-10-2-3-10/h4-7,10-11,14-15H,2-3,8-9H2,1H3. The third kappa shape index (κ3) is 4.58. The topological polar surface area (TPSA) is 41.5 Å². The van der Waals surface area contributed by atoms with E-state index in [4.69, 9.17) is 4.74 Å². The van der Waals surface area contributed by atoms with Gasteiger partial charge in [0.2, 0.25) is 0 Å². The molecule has 1 aromatic carbocycles. The van der Waals surface area contributed by atoms with Crippen LogP contribution in [0.25, 0.3) is 0 Å². The number of thioether (sulfide) groups is 1. The molecule has 94 valence electrons. The van der Waals surface area contributed by atoms with Crippen LogP contribution in [0, 0.1) is 0 Å². The maximum absolute atomic E-state index is 9.78. The van der Waals surface area contributed by atoms with E-state index in [-0.39, 0.29) is 6.10 Å². The van der Waals surface area contributed by atoms with Gasteiger partial charge in [-0.1, -0.05) is 0 Å². The van der Waals surface area contributed by atoms with Crippen LogP contribution in [0.15, 0.2) is 29.2 Å². The molecule has 1 aromatic rings. The van der Waals surface area contributed by atoms with E-state index in [1.54, 1.807) is 18.9 Å². The first-order valence-corrected chi connectivity index (χ1v) is 6.95. The van der Waals surface area contributed by atoms with Gasteiger partial charge in [-0.2, -0.15) is 0 Å². The van der Waals surface area contributed by atoms with Gasteiger partial charge in [-0.3, -0.25) is 0 Å². The molecule has 4 heteroatoms. The Bertz CT molecular complexity index is 338. The van der Waals surface area contributed by atoms with Crippen LogP contribution in [-0.2, 0) is 0 Å². The number of ether oxygens (including phenoxy) is 1. The average molecular weight is 253 g/mol. The van der Waals surface area contributed by atoms with Crippen molar-refractivity contribution in [2.24, 2.45) is 0 Å². The van der Waals surface area contributed by atoms with Gasteiger partial charge in [-0.25, -0.2) is 0 Å². The van der Waals surface area contributed by atoms with Gasteiger partial charge in [0.05, 0.1) is 13.2 Å². The molecule has 0 saturated heterocycles. The van der Waals surface area contributed by atoms with Gasteiger partial charge in [0.25, 0.3) is 0 Å². The Kier molecular flexibility index (Phi) is 4.71. The summed E-state index contributed by atoms with van der Waals surface area (Å²) in [5.74, 6) is 1.59. The van der Waals surface area contributed by atoms with Crippen LogP contribution in [0.5, 0.6) is 5.75 Å². The highest BCUT2D eigenvalue weighted by Crippen LogP contribution is 2.22. The van der Waals surface area contributed by atoms with Gasteiger partial charge >= 0.3 is 0 Å². The van der Waals surface area contributed by atoms with E-state index in [1.165, 1.54) is 12.8 Å². The van der Waals surface area contributed by atoms with Gasteiger partial charge in [-0.05, 0) is 37.1 Å². The lowest BCUT2D eigenvalue weighted by Gasteiger charge is -2.11. The van der Waals surface area contributed by atoms with E-state index < -0.39 is 0 Å². The molecule has 2 N–H and O–H groups in total. The second kappa shape index (κ2) is 6.28. The molecular weight excluding hydrogens is 234 g/mol. The Labute approximate surface area is 107 Å². The van der Waals surface area contributed by atoms with Crippen molar-refractivity contribution in [2.75, 3.05) is 19.4 Å². The van der Waals surface area contributed by atoms with Crippen molar-refractivity contribution in [3.63, 3.8) is 0 Å². The molecule has 0 aromatic heterocycles. The van der Waals surface area contributed by atoms with E-state index in [1.807, 2.05) is 24.3 Å². The predicted molar refractivity (Wildman–Crippen MR) is 70.7 cm³/mol. The van der Waals surface area contributed by atoms with Crippen molar-refractivity contribution in [2.45, 2.75) is 29.9 Å². The second-order valence-electron chi connectivity index (χ2n) is 4.32. The Morgan fingerprint density at radius 3 is 2.71 bits per heavy atom. The van der Waals surface area contributed by atoms with E-state index in [0.29, 0.717) is 12.6 Å². The van der Waals surface area contributed by atoms with Crippen molar-refractivity contribution in [3.05, 3.63) is 24.3 Å². The Hall–Kier alpha value is -0.710. The van der Waals surface area contributed by atoms with Gasteiger partial charge in [-0.15, -0.1) is 11.8 Å².